The lowest BCUT2D eigenvalue weighted by atomic mass is 10.1. The number of primary amides is 1. The van der Waals surface area contributed by atoms with Gasteiger partial charge in [-0.3, -0.25) is 9.59 Å². The first-order valence-corrected chi connectivity index (χ1v) is 7.09. The number of aliphatic imine (C=N–C) groups is 1. The summed E-state index contributed by atoms with van der Waals surface area (Å²) in [6.07, 6.45) is 1.10. The van der Waals surface area contributed by atoms with Crippen molar-refractivity contribution in [2.45, 2.75) is 37.4 Å². The van der Waals surface area contributed by atoms with Gasteiger partial charge in [-0.1, -0.05) is 5.43 Å². The fourth-order valence-electron chi connectivity index (χ4n) is 2.14. The van der Waals surface area contributed by atoms with E-state index in [9.17, 15) is 19.7 Å². The number of guanidine groups is 1. The standard InChI is InChI=1S/C11H22N8O4/c12-6-4-8(16-5-6)10(21)17-7(9(13)20)2-1-3-15-11(14)18-19(22)23/h6-8,16H,1-5,12H2,(H2,13,20)(H,17,21)(H3,14,15,18)/t6-,7+,8+/m0/s1. The van der Waals surface area contributed by atoms with Crippen LogP contribution in [0.5, 0.6) is 0 Å². The summed E-state index contributed by atoms with van der Waals surface area (Å²) in [7, 11) is 0. The fourth-order valence-corrected chi connectivity index (χ4v) is 2.14. The molecule has 0 unspecified atom stereocenters. The molecular weight excluding hydrogens is 308 g/mol. The van der Waals surface area contributed by atoms with Crippen molar-refractivity contribution in [1.82, 2.24) is 16.1 Å². The van der Waals surface area contributed by atoms with E-state index in [1.807, 2.05) is 0 Å². The average Bonchev–Trinajstić information content (AvgIpc) is 2.87. The Balaban J connectivity index is 2.39. The quantitative estimate of drug-likeness (QED) is 0.0864. The van der Waals surface area contributed by atoms with Crippen molar-refractivity contribution in [3.63, 3.8) is 0 Å². The van der Waals surface area contributed by atoms with E-state index in [1.54, 1.807) is 5.43 Å². The fraction of sp³-hybridized carbons (Fsp3) is 0.727. The molecule has 0 radical (unpaired) electrons. The van der Waals surface area contributed by atoms with Gasteiger partial charge in [0.2, 0.25) is 11.8 Å². The van der Waals surface area contributed by atoms with Crippen molar-refractivity contribution < 1.29 is 14.6 Å². The number of carbonyl (C=O) groups is 2. The zero-order chi connectivity index (χ0) is 17.4. The second-order valence-corrected chi connectivity index (χ2v) is 5.20. The molecule has 0 aliphatic carbocycles. The van der Waals surface area contributed by atoms with Gasteiger partial charge in [0.1, 0.15) is 6.04 Å². The first-order valence-electron chi connectivity index (χ1n) is 7.09. The van der Waals surface area contributed by atoms with Gasteiger partial charge in [-0.2, -0.15) is 0 Å². The molecule has 0 aromatic carbocycles. The van der Waals surface area contributed by atoms with Crippen LogP contribution in [0.4, 0.5) is 0 Å². The van der Waals surface area contributed by atoms with Crippen molar-refractivity contribution >= 4 is 17.8 Å². The Morgan fingerprint density at radius 2 is 2.13 bits per heavy atom. The number of carbonyl (C=O) groups excluding carboxylic acids is 2. The van der Waals surface area contributed by atoms with E-state index in [2.05, 4.69) is 15.6 Å². The lowest BCUT2D eigenvalue weighted by Gasteiger charge is -2.18. The number of rotatable bonds is 8. The zero-order valence-electron chi connectivity index (χ0n) is 12.5. The number of nitrogens with zero attached hydrogens (tertiary/aromatic N) is 2. The Morgan fingerprint density at radius 1 is 1.43 bits per heavy atom. The van der Waals surface area contributed by atoms with Crippen LogP contribution in [0.25, 0.3) is 0 Å². The number of hydrazine groups is 1. The summed E-state index contributed by atoms with van der Waals surface area (Å²) in [4.78, 5) is 37.2. The van der Waals surface area contributed by atoms with Crippen molar-refractivity contribution in [3.8, 4) is 0 Å². The molecule has 9 N–H and O–H groups in total. The normalized spacial score (nSPS) is 22.4. The van der Waals surface area contributed by atoms with E-state index in [1.165, 1.54) is 0 Å². The monoisotopic (exact) mass is 330 g/mol. The Hall–Kier alpha value is -2.47. The van der Waals surface area contributed by atoms with E-state index in [4.69, 9.17) is 17.2 Å². The molecular formula is C11H22N8O4. The van der Waals surface area contributed by atoms with Crippen LogP contribution in [0, 0.1) is 10.1 Å². The summed E-state index contributed by atoms with van der Waals surface area (Å²) >= 11 is 0. The molecule has 1 heterocycles. The molecule has 1 aliphatic heterocycles. The van der Waals surface area contributed by atoms with Crippen molar-refractivity contribution in [2.24, 2.45) is 22.2 Å². The molecule has 130 valence electrons. The van der Waals surface area contributed by atoms with Gasteiger partial charge in [0.15, 0.2) is 5.03 Å². The molecule has 3 atom stereocenters. The minimum Gasteiger partial charge on any atom is -0.368 e. The molecule has 0 aromatic rings. The maximum absolute atomic E-state index is 12.0. The van der Waals surface area contributed by atoms with Crippen molar-refractivity contribution in [1.29, 1.82) is 0 Å². The summed E-state index contributed by atoms with van der Waals surface area (Å²) in [6.45, 7) is 0.690. The number of hydrogen-bond donors (Lipinski definition) is 6. The number of amides is 2. The molecule has 12 heteroatoms. The molecule has 0 aromatic heterocycles. The molecule has 0 spiro atoms. The van der Waals surface area contributed by atoms with Crippen LogP contribution < -0.4 is 33.3 Å². The minimum absolute atomic E-state index is 0.0933. The highest BCUT2D eigenvalue weighted by Crippen LogP contribution is 2.06. The SMILES string of the molecule is NC(=O)[C@@H](CCCN=C(N)N[N+](=O)[O-])NC(=O)[C@H]1C[C@H](N)CN1. The predicted octanol–water partition coefficient (Wildman–Crippen LogP) is -3.48. The maximum Gasteiger partial charge on any atom is 0.251 e. The topological polar surface area (TPSA) is 204 Å². The van der Waals surface area contributed by atoms with Gasteiger partial charge in [0.05, 0.1) is 6.04 Å². The Bertz CT molecular complexity index is 483. The summed E-state index contributed by atoms with van der Waals surface area (Å²) < 4.78 is 0. The molecule has 0 saturated carbocycles. The van der Waals surface area contributed by atoms with E-state index in [0.29, 0.717) is 19.4 Å². The number of hydrogen-bond acceptors (Lipinski definition) is 7. The van der Waals surface area contributed by atoms with Gasteiger partial charge < -0.3 is 27.8 Å². The third kappa shape index (κ3) is 6.88. The summed E-state index contributed by atoms with van der Waals surface area (Å²) in [5.74, 6) is -1.33. The summed E-state index contributed by atoms with van der Waals surface area (Å²) in [6, 6.07) is -1.38. The van der Waals surface area contributed by atoms with Crippen LogP contribution in [0.15, 0.2) is 4.99 Å². The molecule has 23 heavy (non-hydrogen) atoms. The van der Waals surface area contributed by atoms with Gasteiger partial charge >= 0.3 is 0 Å². The lowest BCUT2D eigenvalue weighted by Crippen LogP contribution is -2.50. The molecule has 12 nitrogen and oxygen atoms in total. The Morgan fingerprint density at radius 3 is 2.65 bits per heavy atom. The predicted molar refractivity (Wildman–Crippen MR) is 81.4 cm³/mol. The molecule has 1 saturated heterocycles. The molecule has 1 fully saturated rings. The van der Waals surface area contributed by atoms with Crippen LogP contribution in [0.2, 0.25) is 0 Å². The molecule has 1 aliphatic rings. The van der Waals surface area contributed by atoms with Crippen molar-refractivity contribution in [3.05, 3.63) is 10.1 Å². The van der Waals surface area contributed by atoms with Gasteiger partial charge in [-0.05, 0) is 19.3 Å². The third-order valence-corrected chi connectivity index (χ3v) is 3.28. The van der Waals surface area contributed by atoms with E-state index in [0.717, 1.165) is 0 Å². The number of nitrogens with one attached hydrogen (secondary N) is 3. The van der Waals surface area contributed by atoms with E-state index in [-0.39, 0.29) is 30.9 Å². The minimum atomic E-state index is -0.846. The van der Waals surface area contributed by atoms with Crippen LogP contribution in [0.3, 0.4) is 0 Å². The highest BCUT2D eigenvalue weighted by atomic mass is 16.7. The second kappa shape index (κ2) is 8.85. The lowest BCUT2D eigenvalue weighted by molar-refractivity contribution is -0.525. The van der Waals surface area contributed by atoms with Gasteiger partial charge in [0.25, 0.3) is 5.96 Å². The molecule has 1 rings (SSSR count). The zero-order valence-corrected chi connectivity index (χ0v) is 12.5. The number of nitro groups is 1. The van der Waals surface area contributed by atoms with E-state index >= 15 is 0 Å². The highest BCUT2D eigenvalue weighted by molar-refractivity contribution is 5.89. The molecule has 2 amide bonds. The van der Waals surface area contributed by atoms with Crippen LogP contribution in [-0.2, 0) is 9.59 Å². The van der Waals surface area contributed by atoms with Gasteiger partial charge in [-0.15, -0.1) is 0 Å². The first kappa shape index (κ1) is 18.6. The molecule has 0 bridgehead atoms. The van der Waals surface area contributed by atoms with Gasteiger partial charge in [-0.25, -0.2) is 15.1 Å². The first-order chi connectivity index (χ1) is 10.8. The smallest absolute Gasteiger partial charge is 0.251 e. The van der Waals surface area contributed by atoms with Gasteiger partial charge in [0, 0.05) is 19.1 Å². The maximum atomic E-state index is 12.0. The third-order valence-electron chi connectivity index (χ3n) is 3.28. The average molecular weight is 330 g/mol. The van der Waals surface area contributed by atoms with Crippen LogP contribution in [-0.4, -0.2) is 54.0 Å². The summed E-state index contributed by atoms with van der Waals surface area (Å²) in [5, 5.41) is 14.8. The Labute approximate surface area is 132 Å². The number of nitrogens with two attached hydrogens (primary N) is 3. The van der Waals surface area contributed by atoms with Crippen molar-refractivity contribution in [2.75, 3.05) is 13.1 Å². The second-order valence-electron chi connectivity index (χ2n) is 5.20. The van der Waals surface area contributed by atoms with Crippen LogP contribution >= 0.6 is 0 Å². The van der Waals surface area contributed by atoms with Crippen LogP contribution in [0.1, 0.15) is 19.3 Å². The largest absolute Gasteiger partial charge is 0.368 e. The highest BCUT2D eigenvalue weighted by Gasteiger charge is 2.29. The van der Waals surface area contributed by atoms with E-state index < -0.39 is 23.0 Å². The Kier molecular flexibility index (Phi) is 7.15. The summed E-state index contributed by atoms with van der Waals surface area (Å²) in [5.41, 5.74) is 17.9.